The van der Waals surface area contributed by atoms with Gasteiger partial charge in [0.1, 0.15) is 5.52 Å². The molecule has 5 aromatic rings. The van der Waals surface area contributed by atoms with Gasteiger partial charge in [0, 0.05) is 64.1 Å². The van der Waals surface area contributed by atoms with Crippen LogP contribution in [0.3, 0.4) is 0 Å². The number of pyridine rings is 2. The van der Waals surface area contributed by atoms with Crippen LogP contribution in [0.4, 0.5) is 4.39 Å². The monoisotopic (exact) mass is 611 g/mol. The minimum atomic E-state index is -0.467. The SMILES string of the molecule is Cc1nc2c(F)c(-c3cccc(Cl)c3Cl)c(CCC#N)cc2c2c1cc(C1CCc3cccc(=O)n31)n2[C@H]1[C@H]2CN[C@@H]1C2. The summed E-state index contributed by atoms with van der Waals surface area (Å²) >= 11 is 13.0. The van der Waals surface area contributed by atoms with Gasteiger partial charge in [-0.25, -0.2) is 9.37 Å². The van der Waals surface area contributed by atoms with Crippen LogP contribution in [0.5, 0.6) is 0 Å². The van der Waals surface area contributed by atoms with Crippen LogP contribution < -0.4 is 10.9 Å². The van der Waals surface area contributed by atoms with E-state index < -0.39 is 5.82 Å². The minimum Gasteiger partial charge on any atom is -0.337 e. The van der Waals surface area contributed by atoms with Crippen LogP contribution >= 0.6 is 23.2 Å². The molecule has 216 valence electrons. The lowest BCUT2D eigenvalue weighted by atomic mass is 9.79. The van der Waals surface area contributed by atoms with Gasteiger partial charge in [0.25, 0.3) is 5.56 Å². The average molecular weight is 613 g/mol. The van der Waals surface area contributed by atoms with Gasteiger partial charge in [-0.15, -0.1) is 0 Å². The number of fused-ring (bicyclic) bond motifs is 5. The lowest BCUT2D eigenvalue weighted by molar-refractivity contribution is 0.218. The fourth-order valence-electron chi connectivity index (χ4n) is 7.89. The Bertz CT molecular complexity index is 2080. The molecule has 9 rings (SSSR count). The summed E-state index contributed by atoms with van der Waals surface area (Å²) in [6.45, 7) is 2.87. The zero-order valence-electron chi connectivity index (χ0n) is 23.5. The molecular formula is C34H28Cl2FN5O. The maximum Gasteiger partial charge on any atom is 0.251 e. The van der Waals surface area contributed by atoms with Gasteiger partial charge in [0.15, 0.2) is 5.82 Å². The number of hydrogen-bond donors (Lipinski definition) is 1. The van der Waals surface area contributed by atoms with E-state index >= 15 is 4.39 Å². The van der Waals surface area contributed by atoms with Crippen molar-refractivity contribution in [3.63, 3.8) is 0 Å². The molecule has 0 radical (unpaired) electrons. The minimum absolute atomic E-state index is 0.000839. The van der Waals surface area contributed by atoms with Crippen molar-refractivity contribution >= 4 is 45.0 Å². The largest absolute Gasteiger partial charge is 0.337 e. The van der Waals surface area contributed by atoms with E-state index in [1.54, 1.807) is 24.3 Å². The van der Waals surface area contributed by atoms with Gasteiger partial charge in [-0.1, -0.05) is 41.4 Å². The van der Waals surface area contributed by atoms with Gasteiger partial charge in [0.05, 0.1) is 33.7 Å². The number of halogens is 3. The molecule has 1 saturated carbocycles. The second-order valence-corrected chi connectivity index (χ2v) is 12.8. The van der Waals surface area contributed by atoms with E-state index in [2.05, 4.69) is 22.0 Å². The summed E-state index contributed by atoms with van der Waals surface area (Å²) in [5.74, 6) is -0.00488. The van der Waals surface area contributed by atoms with Crippen LogP contribution in [0.1, 0.15) is 54.0 Å². The number of nitrogens with one attached hydrogen (secondary N) is 1. The average Bonchev–Trinajstić information content (AvgIpc) is 3.78. The Morgan fingerprint density at radius 3 is 2.74 bits per heavy atom. The molecule has 0 amide bonds. The molecule has 2 aromatic carbocycles. The first kappa shape index (κ1) is 26.9. The van der Waals surface area contributed by atoms with Gasteiger partial charge in [-0.2, -0.15) is 5.26 Å². The van der Waals surface area contributed by atoms with E-state index in [9.17, 15) is 10.1 Å². The molecule has 3 aromatic heterocycles. The third-order valence-electron chi connectivity index (χ3n) is 9.83. The van der Waals surface area contributed by atoms with Crippen molar-refractivity contribution in [2.75, 3.05) is 6.54 Å². The Balaban J connectivity index is 1.46. The number of aryl methyl sites for hydroxylation is 3. The lowest BCUT2D eigenvalue weighted by Crippen LogP contribution is -2.40. The van der Waals surface area contributed by atoms with Crippen LogP contribution in [0, 0.1) is 30.0 Å². The maximum atomic E-state index is 16.9. The zero-order valence-corrected chi connectivity index (χ0v) is 25.0. The van der Waals surface area contributed by atoms with E-state index in [1.807, 2.05) is 29.7 Å². The van der Waals surface area contributed by atoms with Crippen LogP contribution in [0.25, 0.3) is 32.9 Å². The Labute approximate surface area is 257 Å². The molecule has 3 aliphatic heterocycles. The summed E-state index contributed by atoms with van der Waals surface area (Å²) < 4.78 is 21.2. The topological polar surface area (TPSA) is 75.6 Å². The van der Waals surface area contributed by atoms with E-state index in [1.165, 1.54) is 0 Å². The van der Waals surface area contributed by atoms with Crippen molar-refractivity contribution in [3.05, 3.63) is 97.4 Å². The summed E-state index contributed by atoms with van der Waals surface area (Å²) in [6, 6.07) is 17.5. The van der Waals surface area contributed by atoms with Crippen molar-refractivity contribution in [1.82, 2.24) is 19.4 Å². The smallest absolute Gasteiger partial charge is 0.251 e. The highest BCUT2D eigenvalue weighted by atomic mass is 35.5. The summed E-state index contributed by atoms with van der Waals surface area (Å²) in [6.07, 6.45) is 3.34. The van der Waals surface area contributed by atoms with Crippen molar-refractivity contribution in [3.8, 4) is 17.2 Å². The summed E-state index contributed by atoms with van der Waals surface area (Å²) in [5, 5.41) is 15.4. The summed E-state index contributed by atoms with van der Waals surface area (Å²) in [7, 11) is 0. The van der Waals surface area contributed by atoms with Gasteiger partial charge in [-0.3, -0.25) is 4.79 Å². The first-order valence-electron chi connectivity index (χ1n) is 14.8. The maximum absolute atomic E-state index is 16.9. The third kappa shape index (κ3) is 3.86. The number of rotatable bonds is 5. The molecule has 1 unspecified atom stereocenters. The highest BCUT2D eigenvalue weighted by Crippen LogP contribution is 2.50. The fraction of sp³-hybridized carbons (Fsp3) is 0.324. The predicted molar refractivity (Wildman–Crippen MR) is 167 cm³/mol. The van der Waals surface area contributed by atoms with Crippen LogP contribution in [-0.4, -0.2) is 26.7 Å². The van der Waals surface area contributed by atoms with Crippen molar-refractivity contribution < 1.29 is 4.39 Å². The standard InChI is InChI=1S/C34H28Cl2FN5O/c1-17-22-15-27(26-11-10-20-6-2-9-28(43)41(20)26)42(33-19-14-25(33)39-16-19)34(22)23-13-18(5-4-12-38)29(31(37)32(23)40-17)21-7-3-8-24(35)30(21)36/h2-3,6-9,13,15,19,25-26,33,39H,4-5,10-11,14,16H2,1H3/t19-,25-,26?,33+/m1/s1. The number of aromatic nitrogens is 3. The number of hydrogen-bond acceptors (Lipinski definition) is 4. The highest BCUT2D eigenvalue weighted by Gasteiger charge is 2.49. The highest BCUT2D eigenvalue weighted by molar-refractivity contribution is 6.43. The quantitative estimate of drug-likeness (QED) is 0.226. The number of nitriles is 1. The Kier molecular flexibility index (Phi) is 6.20. The molecule has 0 spiro atoms. The van der Waals surface area contributed by atoms with Gasteiger partial charge in [0.2, 0.25) is 0 Å². The molecule has 6 heterocycles. The van der Waals surface area contributed by atoms with E-state index in [4.69, 9.17) is 28.2 Å². The van der Waals surface area contributed by atoms with Gasteiger partial charge >= 0.3 is 0 Å². The van der Waals surface area contributed by atoms with E-state index in [-0.39, 0.29) is 34.6 Å². The van der Waals surface area contributed by atoms with Crippen LogP contribution in [-0.2, 0) is 12.8 Å². The molecule has 9 heteroatoms. The second-order valence-electron chi connectivity index (χ2n) is 12.1. The van der Waals surface area contributed by atoms with E-state index in [0.29, 0.717) is 45.5 Å². The summed E-state index contributed by atoms with van der Waals surface area (Å²) in [4.78, 5) is 18.0. The van der Waals surface area contributed by atoms with Crippen molar-refractivity contribution in [2.24, 2.45) is 5.92 Å². The normalized spacial score (nSPS) is 22.2. The third-order valence-corrected chi connectivity index (χ3v) is 10.7. The second kappa shape index (κ2) is 9.92. The molecule has 1 N–H and O–H groups in total. The van der Waals surface area contributed by atoms with Crippen LogP contribution in [0.2, 0.25) is 10.0 Å². The van der Waals surface area contributed by atoms with Crippen molar-refractivity contribution in [2.45, 2.75) is 57.2 Å². The summed E-state index contributed by atoms with van der Waals surface area (Å²) in [5.41, 5.74) is 5.56. The predicted octanol–water partition coefficient (Wildman–Crippen LogP) is 7.30. The molecule has 6 nitrogen and oxygen atoms in total. The number of benzene rings is 2. The molecular weight excluding hydrogens is 584 g/mol. The lowest BCUT2D eigenvalue weighted by Gasteiger charge is -2.38. The van der Waals surface area contributed by atoms with Crippen molar-refractivity contribution in [1.29, 1.82) is 5.26 Å². The first-order valence-corrected chi connectivity index (χ1v) is 15.5. The van der Waals surface area contributed by atoms with E-state index in [0.717, 1.165) is 53.8 Å². The molecule has 3 fully saturated rings. The first-order chi connectivity index (χ1) is 20.9. The molecule has 2 bridgehead atoms. The Morgan fingerprint density at radius 2 is 1.98 bits per heavy atom. The molecule has 4 atom stereocenters. The fourth-order valence-corrected chi connectivity index (χ4v) is 8.29. The zero-order chi connectivity index (χ0) is 29.6. The van der Waals surface area contributed by atoms with Gasteiger partial charge < -0.3 is 14.5 Å². The van der Waals surface area contributed by atoms with Crippen LogP contribution in [0.15, 0.2) is 53.3 Å². The van der Waals surface area contributed by atoms with Gasteiger partial charge in [-0.05, 0) is 68.4 Å². The Morgan fingerprint density at radius 1 is 1.14 bits per heavy atom. The molecule has 2 saturated heterocycles. The molecule has 4 aliphatic rings. The Hall–Kier alpha value is -3.70. The molecule has 43 heavy (non-hydrogen) atoms. The number of nitrogens with zero attached hydrogens (tertiary/aromatic N) is 4. The molecule has 1 aliphatic carbocycles.